The van der Waals surface area contributed by atoms with E-state index in [1.807, 2.05) is 30.3 Å². The number of rotatable bonds is 7. The number of aliphatic hydroxyl groups excluding tert-OH is 1. The predicted octanol–water partition coefficient (Wildman–Crippen LogP) is 4.90. The first-order valence-corrected chi connectivity index (χ1v) is 11.4. The van der Waals surface area contributed by atoms with Crippen molar-refractivity contribution in [1.29, 1.82) is 0 Å². The number of fused-ring (bicyclic) bond motifs is 1. The molecule has 5 nitrogen and oxygen atoms in total. The summed E-state index contributed by atoms with van der Waals surface area (Å²) in [5.74, 6) is 0.577. The van der Waals surface area contributed by atoms with Crippen molar-refractivity contribution in [3.05, 3.63) is 65.0 Å². The van der Waals surface area contributed by atoms with E-state index in [2.05, 4.69) is 5.32 Å². The Morgan fingerprint density at radius 2 is 1.77 bits per heavy atom. The number of aliphatic hydroxyl groups is 1. The normalized spacial score (nSPS) is 16.5. The van der Waals surface area contributed by atoms with Gasteiger partial charge in [0, 0.05) is 18.7 Å². The first kappa shape index (κ1) is 21.6. The summed E-state index contributed by atoms with van der Waals surface area (Å²) >= 11 is 0. The third kappa shape index (κ3) is 5.75. The zero-order chi connectivity index (χ0) is 21.5. The molecular formula is C26H31NO4. The standard InChI is InChI=1S/C26H31NO4/c28-21(16-27-20-11-7-2-1-3-8-12-20)17-30-22-13-14-23-25(15-22)31-18-24(26(23)29)19-9-5-4-6-10-19/h4-6,9-10,13-15,18,20-21,27-28H,1-3,7-8,11-12,16-17H2. The van der Waals surface area contributed by atoms with Crippen LogP contribution in [-0.2, 0) is 0 Å². The van der Waals surface area contributed by atoms with Crippen LogP contribution in [-0.4, -0.2) is 30.4 Å². The van der Waals surface area contributed by atoms with Gasteiger partial charge in [0.1, 0.15) is 30.3 Å². The monoisotopic (exact) mass is 421 g/mol. The van der Waals surface area contributed by atoms with Crippen LogP contribution in [0.1, 0.15) is 44.9 Å². The largest absolute Gasteiger partial charge is 0.491 e. The molecule has 1 heterocycles. The van der Waals surface area contributed by atoms with Gasteiger partial charge in [0.2, 0.25) is 0 Å². The van der Waals surface area contributed by atoms with Gasteiger partial charge in [0.25, 0.3) is 0 Å². The van der Waals surface area contributed by atoms with Crippen molar-refractivity contribution in [2.75, 3.05) is 13.2 Å². The van der Waals surface area contributed by atoms with Crippen molar-refractivity contribution in [2.45, 2.75) is 57.1 Å². The topological polar surface area (TPSA) is 71.7 Å². The molecule has 164 valence electrons. The van der Waals surface area contributed by atoms with E-state index < -0.39 is 6.10 Å². The fourth-order valence-electron chi connectivity index (χ4n) is 4.23. The summed E-state index contributed by atoms with van der Waals surface area (Å²) in [6.45, 7) is 0.714. The minimum Gasteiger partial charge on any atom is -0.491 e. The maximum Gasteiger partial charge on any atom is 0.200 e. The Bertz CT molecular complexity index is 1020. The van der Waals surface area contributed by atoms with Gasteiger partial charge in [0.05, 0.1) is 10.9 Å². The fourth-order valence-corrected chi connectivity index (χ4v) is 4.23. The summed E-state index contributed by atoms with van der Waals surface area (Å²) in [6.07, 6.45) is 9.78. The zero-order valence-electron chi connectivity index (χ0n) is 17.9. The van der Waals surface area contributed by atoms with Crippen LogP contribution in [0.2, 0.25) is 0 Å². The lowest BCUT2D eigenvalue weighted by atomic mass is 9.96. The van der Waals surface area contributed by atoms with Gasteiger partial charge in [0.15, 0.2) is 5.43 Å². The van der Waals surface area contributed by atoms with E-state index >= 15 is 0 Å². The zero-order valence-corrected chi connectivity index (χ0v) is 17.9. The van der Waals surface area contributed by atoms with Crippen molar-refractivity contribution in [2.24, 2.45) is 0 Å². The van der Waals surface area contributed by atoms with Crippen LogP contribution < -0.4 is 15.5 Å². The highest BCUT2D eigenvalue weighted by atomic mass is 16.5. The summed E-state index contributed by atoms with van der Waals surface area (Å²) in [5.41, 5.74) is 1.78. The molecule has 1 fully saturated rings. The highest BCUT2D eigenvalue weighted by Gasteiger charge is 2.14. The Kier molecular flexibility index (Phi) is 7.39. The highest BCUT2D eigenvalue weighted by Crippen LogP contribution is 2.23. The van der Waals surface area contributed by atoms with Crippen molar-refractivity contribution in [3.8, 4) is 16.9 Å². The summed E-state index contributed by atoms with van der Waals surface area (Å²) in [6, 6.07) is 15.2. The second-order valence-electron chi connectivity index (χ2n) is 8.42. The molecule has 31 heavy (non-hydrogen) atoms. The van der Waals surface area contributed by atoms with Crippen LogP contribution in [0, 0.1) is 0 Å². The molecule has 1 aromatic heterocycles. The Morgan fingerprint density at radius 3 is 2.55 bits per heavy atom. The SMILES string of the molecule is O=c1c(-c2ccccc2)coc2cc(OCC(O)CNC3CCCCCCC3)ccc12. The van der Waals surface area contributed by atoms with Crippen molar-refractivity contribution >= 4 is 11.0 Å². The minimum atomic E-state index is -0.589. The molecule has 1 atom stereocenters. The molecule has 0 aliphatic heterocycles. The average molecular weight is 422 g/mol. The molecule has 3 aromatic rings. The Hall–Kier alpha value is -2.63. The summed E-state index contributed by atoms with van der Waals surface area (Å²) in [5, 5.41) is 14.3. The number of nitrogens with one attached hydrogen (secondary N) is 1. The molecule has 0 amide bonds. The van der Waals surface area contributed by atoms with Gasteiger partial charge in [-0.2, -0.15) is 0 Å². The van der Waals surface area contributed by atoms with Gasteiger partial charge in [-0.15, -0.1) is 0 Å². The molecular weight excluding hydrogens is 390 g/mol. The van der Waals surface area contributed by atoms with Crippen LogP contribution in [0.3, 0.4) is 0 Å². The maximum absolute atomic E-state index is 12.8. The smallest absolute Gasteiger partial charge is 0.200 e. The minimum absolute atomic E-state index is 0.0672. The highest BCUT2D eigenvalue weighted by molar-refractivity contribution is 5.82. The van der Waals surface area contributed by atoms with Gasteiger partial charge in [-0.1, -0.05) is 62.4 Å². The average Bonchev–Trinajstić information content (AvgIpc) is 2.78. The van der Waals surface area contributed by atoms with Gasteiger partial charge in [-0.05, 0) is 30.5 Å². The number of ether oxygens (including phenoxy) is 1. The van der Waals surface area contributed by atoms with Gasteiger partial charge >= 0.3 is 0 Å². The van der Waals surface area contributed by atoms with E-state index in [-0.39, 0.29) is 12.0 Å². The second-order valence-corrected chi connectivity index (χ2v) is 8.42. The third-order valence-electron chi connectivity index (χ3n) is 6.02. The van der Waals surface area contributed by atoms with E-state index in [9.17, 15) is 9.90 Å². The number of benzene rings is 2. The van der Waals surface area contributed by atoms with Crippen molar-refractivity contribution in [1.82, 2.24) is 5.32 Å². The van der Waals surface area contributed by atoms with Gasteiger partial charge in [-0.3, -0.25) is 4.79 Å². The number of hydrogen-bond donors (Lipinski definition) is 2. The maximum atomic E-state index is 12.8. The quantitative estimate of drug-likeness (QED) is 0.568. The van der Waals surface area contributed by atoms with Crippen LogP contribution in [0.15, 0.2) is 64.0 Å². The molecule has 0 saturated heterocycles. The Labute approximate surface area is 183 Å². The Morgan fingerprint density at radius 1 is 1.03 bits per heavy atom. The van der Waals surface area contributed by atoms with E-state index in [0.29, 0.717) is 34.9 Å². The molecule has 0 radical (unpaired) electrons. The van der Waals surface area contributed by atoms with E-state index in [1.54, 1.807) is 18.2 Å². The van der Waals surface area contributed by atoms with Crippen molar-refractivity contribution < 1.29 is 14.3 Å². The third-order valence-corrected chi connectivity index (χ3v) is 6.02. The summed E-state index contributed by atoms with van der Waals surface area (Å²) in [7, 11) is 0. The van der Waals surface area contributed by atoms with Gasteiger partial charge in [-0.25, -0.2) is 0 Å². The molecule has 0 bridgehead atoms. The summed E-state index contributed by atoms with van der Waals surface area (Å²) < 4.78 is 11.5. The van der Waals surface area contributed by atoms with Crippen LogP contribution >= 0.6 is 0 Å². The number of hydrogen-bond acceptors (Lipinski definition) is 5. The Balaban J connectivity index is 1.35. The first-order valence-electron chi connectivity index (χ1n) is 11.4. The predicted molar refractivity (Wildman–Crippen MR) is 124 cm³/mol. The summed E-state index contributed by atoms with van der Waals surface area (Å²) in [4.78, 5) is 12.8. The van der Waals surface area contributed by atoms with E-state index in [4.69, 9.17) is 9.15 Å². The molecule has 1 aliphatic rings. The molecule has 2 N–H and O–H groups in total. The molecule has 0 spiro atoms. The second kappa shape index (κ2) is 10.6. The fraction of sp³-hybridized carbons (Fsp3) is 0.423. The van der Waals surface area contributed by atoms with Crippen LogP contribution in [0.25, 0.3) is 22.1 Å². The molecule has 2 aromatic carbocycles. The van der Waals surface area contributed by atoms with Crippen molar-refractivity contribution in [3.63, 3.8) is 0 Å². The van der Waals surface area contributed by atoms with Crippen LogP contribution in [0.4, 0.5) is 0 Å². The lowest BCUT2D eigenvalue weighted by Gasteiger charge is -2.22. The molecule has 1 unspecified atom stereocenters. The molecule has 1 saturated carbocycles. The molecule has 4 rings (SSSR count). The molecule has 5 heteroatoms. The lowest BCUT2D eigenvalue weighted by Crippen LogP contribution is -2.38. The van der Waals surface area contributed by atoms with E-state index in [0.717, 1.165) is 5.56 Å². The van der Waals surface area contributed by atoms with Gasteiger partial charge < -0.3 is 19.6 Å². The van der Waals surface area contributed by atoms with Crippen LogP contribution in [0.5, 0.6) is 5.75 Å². The van der Waals surface area contributed by atoms with E-state index in [1.165, 1.54) is 51.2 Å². The lowest BCUT2D eigenvalue weighted by molar-refractivity contribution is 0.102. The first-order chi connectivity index (χ1) is 15.2. The molecule has 1 aliphatic carbocycles.